The maximum atomic E-state index is 12.2. The summed E-state index contributed by atoms with van der Waals surface area (Å²) in [6, 6.07) is 16.0. The lowest BCUT2D eigenvalue weighted by atomic mass is 10.2. The van der Waals surface area contributed by atoms with E-state index in [0.29, 0.717) is 23.6 Å². The van der Waals surface area contributed by atoms with E-state index in [2.05, 4.69) is 5.32 Å². The minimum atomic E-state index is -0.213. The molecule has 22 heavy (non-hydrogen) atoms. The molecule has 4 nitrogen and oxygen atoms in total. The summed E-state index contributed by atoms with van der Waals surface area (Å²) in [5.41, 5.74) is 1.35. The Morgan fingerprint density at radius 1 is 1.14 bits per heavy atom. The van der Waals surface area contributed by atoms with E-state index in [-0.39, 0.29) is 17.9 Å². The Hall–Kier alpha value is -2.33. The SMILES string of the molecule is O=C(N[C@H]1CC(=O)N(c2ccccc2)C1)c1cccc(Cl)c1. The number of hydrogen-bond acceptors (Lipinski definition) is 2. The van der Waals surface area contributed by atoms with Gasteiger partial charge in [-0.15, -0.1) is 0 Å². The van der Waals surface area contributed by atoms with Gasteiger partial charge in [0.2, 0.25) is 5.91 Å². The summed E-state index contributed by atoms with van der Waals surface area (Å²) in [6.07, 6.45) is 0.307. The first kappa shape index (κ1) is 14.6. The zero-order valence-electron chi connectivity index (χ0n) is 11.8. The van der Waals surface area contributed by atoms with E-state index in [1.807, 2.05) is 30.3 Å². The van der Waals surface area contributed by atoms with Crippen molar-refractivity contribution >= 4 is 29.1 Å². The van der Waals surface area contributed by atoms with Crippen LogP contribution in [-0.4, -0.2) is 24.4 Å². The van der Waals surface area contributed by atoms with Crippen molar-refractivity contribution in [3.05, 3.63) is 65.2 Å². The summed E-state index contributed by atoms with van der Waals surface area (Å²) in [4.78, 5) is 26.0. The smallest absolute Gasteiger partial charge is 0.251 e. The Morgan fingerprint density at radius 3 is 2.64 bits per heavy atom. The van der Waals surface area contributed by atoms with Crippen molar-refractivity contribution in [1.82, 2.24) is 5.32 Å². The molecule has 0 unspecified atom stereocenters. The fourth-order valence-electron chi connectivity index (χ4n) is 2.56. The van der Waals surface area contributed by atoms with Gasteiger partial charge in [-0.2, -0.15) is 0 Å². The van der Waals surface area contributed by atoms with Crippen molar-refractivity contribution in [2.24, 2.45) is 0 Å². The molecule has 2 aromatic carbocycles. The van der Waals surface area contributed by atoms with Crippen LogP contribution in [0.15, 0.2) is 54.6 Å². The molecule has 1 aliphatic rings. The summed E-state index contributed by atoms with van der Waals surface area (Å²) in [5.74, 6) is -0.196. The maximum absolute atomic E-state index is 12.2. The van der Waals surface area contributed by atoms with Crippen molar-refractivity contribution in [2.75, 3.05) is 11.4 Å². The molecule has 1 fully saturated rings. The maximum Gasteiger partial charge on any atom is 0.251 e. The van der Waals surface area contributed by atoms with Crippen LogP contribution < -0.4 is 10.2 Å². The summed E-state index contributed by atoms with van der Waals surface area (Å²) >= 11 is 5.89. The highest BCUT2D eigenvalue weighted by Crippen LogP contribution is 2.21. The minimum Gasteiger partial charge on any atom is -0.347 e. The predicted octanol–water partition coefficient (Wildman–Crippen LogP) is 2.88. The molecule has 0 radical (unpaired) electrons. The van der Waals surface area contributed by atoms with E-state index in [4.69, 9.17) is 11.6 Å². The monoisotopic (exact) mass is 314 g/mol. The number of amides is 2. The van der Waals surface area contributed by atoms with E-state index in [9.17, 15) is 9.59 Å². The standard InChI is InChI=1S/C17H15ClN2O2/c18-13-6-4-5-12(9-13)17(22)19-14-10-16(21)20(11-14)15-7-2-1-3-8-15/h1-9,14H,10-11H2,(H,19,22)/t14-/m0/s1. The third-order valence-corrected chi connectivity index (χ3v) is 3.85. The van der Waals surface area contributed by atoms with Crippen molar-refractivity contribution < 1.29 is 9.59 Å². The number of nitrogens with zero attached hydrogens (tertiary/aromatic N) is 1. The van der Waals surface area contributed by atoms with Crippen molar-refractivity contribution in [3.8, 4) is 0 Å². The molecule has 1 atom stereocenters. The van der Waals surface area contributed by atoms with E-state index in [1.54, 1.807) is 29.2 Å². The average molecular weight is 315 g/mol. The summed E-state index contributed by atoms with van der Waals surface area (Å²) in [5, 5.41) is 3.41. The first-order valence-corrected chi connectivity index (χ1v) is 7.43. The van der Waals surface area contributed by atoms with Crippen LogP contribution in [0, 0.1) is 0 Å². The number of carbonyl (C=O) groups excluding carboxylic acids is 2. The van der Waals surface area contributed by atoms with Crippen LogP contribution in [0.2, 0.25) is 5.02 Å². The predicted molar refractivity (Wildman–Crippen MR) is 86.1 cm³/mol. The normalized spacial score (nSPS) is 17.6. The van der Waals surface area contributed by atoms with Crippen LogP contribution >= 0.6 is 11.6 Å². The van der Waals surface area contributed by atoms with Crippen molar-refractivity contribution in [3.63, 3.8) is 0 Å². The Balaban J connectivity index is 1.68. The van der Waals surface area contributed by atoms with Gasteiger partial charge in [-0.05, 0) is 30.3 Å². The third-order valence-electron chi connectivity index (χ3n) is 3.61. The Kier molecular flexibility index (Phi) is 4.11. The van der Waals surface area contributed by atoms with Crippen LogP contribution in [0.1, 0.15) is 16.8 Å². The van der Waals surface area contributed by atoms with Gasteiger partial charge in [0, 0.05) is 29.2 Å². The van der Waals surface area contributed by atoms with Gasteiger partial charge in [0.25, 0.3) is 5.91 Å². The van der Waals surface area contributed by atoms with Crippen LogP contribution in [0.4, 0.5) is 5.69 Å². The molecule has 112 valence electrons. The second-order valence-corrected chi connectivity index (χ2v) is 5.66. The number of para-hydroxylation sites is 1. The molecule has 1 N–H and O–H groups in total. The number of hydrogen-bond donors (Lipinski definition) is 1. The highest BCUT2D eigenvalue weighted by molar-refractivity contribution is 6.30. The van der Waals surface area contributed by atoms with Gasteiger partial charge in [0.05, 0.1) is 6.04 Å². The number of nitrogens with one attached hydrogen (secondary N) is 1. The second kappa shape index (κ2) is 6.20. The zero-order chi connectivity index (χ0) is 15.5. The van der Waals surface area contributed by atoms with Crippen molar-refractivity contribution in [2.45, 2.75) is 12.5 Å². The van der Waals surface area contributed by atoms with Crippen LogP contribution in [-0.2, 0) is 4.79 Å². The van der Waals surface area contributed by atoms with Gasteiger partial charge < -0.3 is 10.2 Å². The van der Waals surface area contributed by atoms with E-state index < -0.39 is 0 Å². The van der Waals surface area contributed by atoms with Crippen molar-refractivity contribution in [1.29, 1.82) is 0 Å². The van der Waals surface area contributed by atoms with Gasteiger partial charge >= 0.3 is 0 Å². The molecule has 0 spiro atoms. The first-order chi connectivity index (χ1) is 10.6. The molecule has 1 aliphatic heterocycles. The van der Waals surface area contributed by atoms with Gasteiger partial charge in [0.15, 0.2) is 0 Å². The lowest BCUT2D eigenvalue weighted by Gasteiger charge is -2.17. The molecular weight excluding hydrogens is 300 g/mol. The van der Waals surface area contributed by atoms with Gasteiger partial charge in [-0.1, -0.05) is 35.9 Å². The average Bonchev–Trinajstić information content (AvgIpc) is 2.88. The van der Waals surface area contributed by atoms with Crippen LogP contribution in [0.5, 0.6) is 0 Å². The Labute approximate surface area is 133 Å². The fraction of sp³-hybridized carbons (Fsp3) is 0.176. The van der Waals surface area contributed by atoms with Gasteiger partial charge in [-0.3, -0.25) is 9.59 Å². The minimum absolute atomic E-state index is 0.0163. The molecule has 1 saturated heterocycles. The molecule has 0 aromatic heterocycles. The molecule has 0 aliphatic carbocycles. The number of carbonyl (C=O) groups is 2. The van der Waals surface area contributed by atoms with E-state index in [1.165, 1.54) is 0 Å². The molecule has 2 aromatic rings. The lowest BCUT2D eigenvalue weighted by molar-refractivity contribution is -0.117. The first-order valence-electron chi connectivity index (χ1n) is 7.05. The van der Waals surface area contributed by atoms with Crippen LogP contribution in [0.25, 0.3) is 0 Å². The zero-order valence-corrected chi connectivity index (χ0v) is 12.6. The lowest BCUT2D eigenvalue weighted by Crippen LogP contribution is -2.37. The highest BCUT2D eigenvalue weighted by atomic mass is 35.5. The Bertz CT molecular complexity index is 703. The van der Waals surface area contributed by atoms with Crippen LogP contribution in [0.3, 0.4) is 0 Å². The highest BCUT2D eigenvalue weighted by Gasteiger charge is 2.31. The number of benzene rings is 2. The molecule has 5 heteroatoms. The van der Waals surface area contributed by atoms with E-state index in [0.717, 1.165) is 5.69 Å². The topological polar surface area (TPSA) is 49.4 Å². The number of rotatable bonds is 3. The largest absolute Gasteiger partial charge is 0.347 e. The van der Waals surface area contributed by atoms with Gasteiger partial charge in [0.1, 0.15) is 0 Å². The van der Waals surface area contributed by atoms with Gasteiger partial charge in [-0.25, -0.2) is 0 Å². The molecule has 3 rings (SSSR count). The summed E-state index contributed by atoms with van der Waals surface area (Å²) < 4.78 is 0. The quantitative estimate of drug-likeness (QED) is 0.947. The molecule has 1 heterocycles. The third kappa shape index (κ3) is 3.12. The summed E-state index contributed by atoms with van der Waals surface area (Å²) in [6.45, 7) is 0.481. The fourth-order valence-corrected chi connectivity index (χ4v) is 2.75. The molecule has 0 saturated carbocycles. The second-order valence-electron chi connectivity index (χ2n) is 5.22. The molecule has 2 amide bonds. The number of anilines is 1. The molecular formula is C17H15ClN2O2. The number of halogens is 1. The van der Waals surface area contributed by atoms with E-state index >= 15 is 0 Å². The Morgan fingerprint density at radius 2 is 1.91 bits per heavy atom. The summed E-state index contributed by atoms with van der Waals surface area (Å²) in [7, 11) is 0. The molecule has 0 bridgehead atoms.